The number of benzene rings is 1. The molecule has 30 heavy (non-hydrogen) atoms. The number of aromatic nitrogens is 1. The fraction of sp³-hybridized carbons (Fsp3) is 0.333. The van der Waals surface area contributed by atoms with Gasteiger partial charge in [-0.25, -0.2) is 0 Å². The van der Waals surface area contributed by atoms with Crippen LogP contribution in [0.5, 0.6) is 0 Å². The molecular weight excluding hydrogens is 378 g/mol. The largest absolute Gasteiger partial charge is 0.392 e. The quantitative estimate of drug-likeness (QED) is 0.438. The Kier molecular flexibility index (Phi) is 5.99. The van der Waals surface area contributed by atoms with Gasteiger partial charge in [0.15, 0.2) is 0 Å². The molecule has 1 aliphatic heterocycles. The van der Waals surface area contributed by atoms with Gasteiger partial charge in [0.05, 0.1) is 6.61 Å². The Morgan fingerprint density at radius 2 is 2.03 bits per heavy atom. The van der Waals surface area contributed by atoms with Crippen molar-refractivity contribution in [3.8, 4) is 0 Å². The number of hydrogen-bond donors (Lipinski definition) is 4. The van der Waals surface area contributed by atoms with Crippen LogP contribution in [0.25, 0.3) is 17.0 Å². The van der Waals surface area contributed by atoms with Crippen molar-refractivity contribution >= 4 is 28.8 Å². The minimum atomic E-state index is -0.560. The van der Waals surface area contributed by atoms with Crippen molar-refractivity contribution in [1.82, 2.24) is 15.6 Å². The molecule has 2 amide bonds. The number of amides is 2. The van der Waals surface area contributed by atoms with Crippen molar-refractivity contribution in [3.63, 3.8) is 0 Å². The van der Waals surface area contributed by atoms with Crippen LogP contribution in [0.4, 0.5) is 0 Å². The van der Waals surface area contributed by atoms with Gasteiger partial charge >= 0.3 is 0 Å². The molecule has 1 aromatic carbocycles. The normalized spacial score (nSPS) is 19.2. The molecule has 2 aromatic rings. The van der Waals surface area contributed by atoms with E-state index in [2.05, 4.69) is 22.2 Å². The minimum absolute atomic E-state index is 0.0278. The molecule has 0 radical (unpaired) electrons. The molecular formula is C24H29N3O3. The molecule has 1 aromatic heterocycles. The number of para-hydroxylation sites is 1. The maximum absolute atomic E-state index is 12.5. The summed E-state index contributed by atoms with van der Waals surface area (Å²) >= 11 is 0. The van der Waals surface area contributed by atoms with Gasteiger partial charge in [-0.3, -0.25) is 9.59 Å². The van der Waals surface area contributed by atoms with Crippen LogP contribution in [-0.4, -0.2) is 34.6 Å². The topological polar surface area (TPSA) is 94.2 Å². The van der Waals surface area contributed by atoms with E-state index in [1.165, 1.54) is 0 Å². The average molecular weight is 408 g/mol. The predicted octanol–water partition coefficient (Wildman–Crippen LogP) is 3.09. The number of aliphatic hydroxyl groups is 1. The Balaban J connectivity index is 2.20. The number of fused-ring (bicyclic) bond motifs is 1. The van der Waals surface area contributed by atoms with Crippen LogP contribution in [0.15, 0.2) is 48.2 Å². The summed E-state index contributed by atoms with van der Waals surface area (Å²) in [4.78, 5) is 28.1. The van der Waals surface area contributed by atoms with Gasteiger partial charge in [0.25, 0.3) is 5.91 Å². The van der Waals surface area contributed by atoms with E-state index in [9.17, 15) is 14.7 Å². The molecule has 6 nitrogen and oxygen atoms in total. The zero-order chi connectivity index (χ0) is 22.1. The Labute approximate surface area is 176 Å². The summed E-state index contributed by atoms with van der Waals surface area (Å²) in [5, 5.41) is 15.6. The molecule has 1 fully saturated rings. The van der Waals surface area contributed by atoms with Crippen molar-refractivity contribution in [2.45, 2.75) is 45.6 Å². The molecule has 0 saturated carbocycles. The fourth-order valence-electron chi connectivity index (χ4n) is 3.46. The summed E-state index contributed by atoms with van der Waals surface area (Å²) < 4.78 is 0. The highest BCUT2D eigenvalue weighted by Gasteiger charge is 2.29. The monoisotopic (exact) mass is 407 g/mol. The summed E-state index contributed by atoms with van der Waals surface area (Å²) in [6.45, 7) is 11.6. The third-order valence-electron chi connectivity index (χ3n) is 5.57. The van der Waals surface area contributed by atoms with Crippen molar-refractivity contribution < 1.29 is 14.7 Å². The third kappa shape index (κ3) is 4.09. The van der Waals surface area contributed by atoms with E-state index in [-0.39, 0.29) is 29.5 Å². The number of hydrogen-bond acceptors (Lipinski definition) is 3. The summed E-state index contributed by atoms with van der Waals surface area (Å²) in [5.74, 6) is -0.549. The van der Waals surface area contributed by atoms with Crippen molar-refractivity contribution in [1.29, 1.82) is 0 Å². The smallest absolute Gasteiger partial charge is 0.268 e. The SMILES string of the molecule is C=CC(C)(C)c1[nH]c2c(C/C=C(\C)CO)cccc2c1/C=C1\NC(=O)[C@H](C)NC1=O. The summed E-state index contributed by atoms with van der Waals surface area (Å²) in [7, 11) is 0. The zero-order valence-corrected chi connectivity index (χ0v) is 17.9. The number of carbonyl (C=O) groups excluding carboxylic acids is 2. The first-order valence-corrected chi connectivity index (χ1v) is 10.1. The summed E-state index contributed by atoms with van der Waals surface area (Å²) in [6.07, 6.45) is 6.26. The lowest BCUT2D eigenvalue weighted by molar-refractivity contribution is -0.130. The van der Waals surface area contributed by atoms with E-state index in [1.807, 2.05) is 51.1 Å². The van der Waals surface area contributed by atoms with E-state index < -0.39 is 6.04 Å². The fourth-order valence-corrected chi connectivity index (χ4v) is 3.46. The lowest BCUT2D eigenvalue weighted by Gasteiger charge is -2.23. The second-order valence-electron chi connectivity index (χ2n) is 8.33. The van der Waals surface area contributed by atoms with Gasteiger partial charge in [-0.1, -0.05) is 49.8 Å². The number of piperazine rings is 1. The van der Waals surface area contributed by atoms with Crippen LogP contribution < -0.4 is 10.6 Å². The molecule has 0 unspecified atom stereocenters. The second-order valence-corrected chi connectivity index (χ2v) is 8.33. The van der Waals surface area contributed by atoms with Crippen LogP contribution >= 0.6 is 0 Å². The summed E-state index contributed by atoms with van der Waals surface area (Å²) in [6, 6.07) is 5.45. The Bertz CT molecular complexity index is 1070. The molecule has 1 saturated heterocycles. The van der Waals surface area contributed by atoms with Crippen LogP contribution in [0.2, 0.25) is 0 Å². The third-order valence-corrected chi connectivity index (χ3v) is 5.57. The molecule has 0 aliphatic carbocycles. The highest BCUT2D eigenvalue weighted by molar-refractivity contribution is 6.08. The van der Waals surface area contributed by atoms with E-state index >= 15 is 0 Å². The standard InChI is InChI=1S/C24H29N3O3/c1-6-24(4,5)21-18(12-19-23(30)25-15(3)22(29)26-19)17-9-7-8-16(20(17)27-21)11-10-14(2)13-28/h6-10,12,15,27-28H,1,11,13H2,2-5H3,(H,25,30)(H,26,29)/b14-10+,19-12-/t15-/m0/s1. The number of aromatic amines is 1. The van der Waals surface area contributed by atoms with Gasteiger partial charge in [0.2, 0.25) is 5.91 Å². The molecule has 4 N–H and O–H groups in total. The first-order chi connectivity index (χ1) is 14.2. The molecule has 0 bridgehead atoms. The van der Waals surface area contributed by atoms with Crippen molar-refractivity contribution in [2.24, 2.45) is 0 Å². The van der Waals surface area contributed by atoms with Crippen molar-refractivity contribution in [3.05, 3.63) is 65.0 Å². The molecule has 158 valence electrons. The Morgan fingerprint density at radius 1 is 1.30 bits per heavy atom. The molecule has 1 aliphatic rings. The van der Waals surface area contributed by atoms with Gasteiger partial charge in [-0.2, -0.15) is 0 Å². The van der Waals surface area contributed by atoms with Gasteiger partial charge in [-0.05, 0) is 31.9 Å². The molecule has 6 heteroatoms. The number of allylic oxidation sites excluding steroid dienone is 2. The zero-order valence-electron chi connectivity index (χ0n) is 17.9. The summed E-state index contributed by atoms with van der Waals surface area (Å²) in [5.41, 5.74) is 4.55. The first-order valence-electron chi connectivity index (χ1n) is 10.1. The molecule has 2 heterocycles. The molecule has 1 atom stereocenters. The van der Waals surface area contributed by atoms with Crippen LogP contribution in [0.1, 0.15) is 44.5 Å². The maximum Gasteiger partial charge on any atom is 0.268 e. The van der Waals surface area contributed by atoms with Gasteiger partial charge < -0.3 is 20.7 Å². The van der Waals surface area contributed by atoms with Crippen LogP contribution in [0.3, 0.4) is 0 Å². The van der Waals surface area contributed by atoms with Crippen molar-refractivity contribution in [2.75, 3.05) is 6.61 Å². The average Bonchev–Trinajstić information content (AvgIpc) is 3.10. The van der Waals surface area contributed by atoms with E-state index in [4.69, 9.17) is 0 Å². The highest BCUT2D eigenvalue weighted by Crippen LogP contribution is 2.35. The molecule has 3 rings (SSSR count). The van der Waals surface area contributed by atoms with Crippen LogP contribution in [0, 0.1) is 0 Å². The maximum atomic E-state index is 12.5. The Morgan fingerprint density at radius 3 is 2.70 bits per heavy atom. The van der Waals surface area contributed by atoms with E-state index in [1.54, 1.807) is 13.0 Å². The number of aliphatic hydroxyl groups excluding tert-OH is 1. The van der Waals surface area contributed by atoms with E-state index in [0.29, 0.717) is 6.42 Å². The van der Waals surface area contributed by atoms with Gasteiger partial charge in [0.1, 0.15) is 11.7 Å². The Hall–Kier alpha value is -3.12. The number of nitrogens with one attached hydrogen (secondary N) is 3. The highest BCUT2D eigenvalue weighted by atomic mass is 16.3. The lowest BCUT2D eigenvalue weighted by atomic mass is 9.86. The number of carbonyl (C=O) groups is 2. The van der Waals surface area contributed by atoms with E-state index in [0.717, 1.165) is 33.3 Å². The first kappa shape index (κ1) is 21.6. The number of rotatable bonds is 6. The predicted molar refractivity (Wildman–Crippen MR) is 120 cm³/mol. The minimum Gasteiger partial charge on any atom is -0.392 e. The van der Waals surface area contributed by atoms with Crippen LogP contribution in [-0.2, 0) is 21.4 Å². The van der Waals surface area contributed by atoms with Gasteiger partial charge in [0, 0.05) is 27.6 Å². The molecule has 0 spiro atoms. The number of H-pyrrole nitrogens is 1. The lowest BCUT2D eigenvalue weighted by Crippen LogP contribution is -2.53. The van der Waals surface area contributed by atoms with Gasteiger partial charge in [-0.15, -0.1) is 6.58 Å². The second kappa shape index (κ2) is 8.32.